The number of nitrogens with zero attached hydrogens (tertiary/aromatic N) is 2. The summed E-state index contributed by atoms with van der Waals surface area (Å²) in [6, 6.07) is 15.5. The summed E-state index contributed by atoms with van der Waals surface area (Å²) in [5.74, 6) is 1.05. The Balaban J connectivity index is 2.32. The molecule has 2 aromatic rings. The molecular formula is C14H7ClN2O. The molecule has 18 heavy (non-hydrogen) atoms. The molecule has 0 unspecified atom stereocenters. The predicted molar refractivity (Wildman–Crippen MR) is 67.4 cm³/mol. The Hall–Kier alpha value is -2.49. The van der Waals surface area contributed by atoms with E-state index in [1.807, 2.05) is 12.1 Å². The van der Waals surface area contributed by atoms with Gasteiger partial charge in [-0.3, -0.25) is 0 Å². The van der Waals surface area contributed by atoms with Crippen molar-refractivity contribution in [2.24, 2.45) is 0 Å². The van der Waals surface area contributed by atoms with Gasteiger partial charge >= 0.3 is 0 Å². The second-order valence-electron chi connectivity index (χ2n) is 3.53. The van der Waals surface area contributed by atoms with Gasteiger partial charge in [0.2, 0.25) is 0 Å². The van der Waals surface area contributed by atoms with Crippen molar-refractivity contribution >= 4 is 11.6 Å². The quantitative estimate of drug-likeness (QED) is 0.817. The highest BCUT2D eigenvalue weighted by Gasteiger charge is 2.03. The highest BCUT2D eigenvalue weighted by atomic mass is 35.5. The van der Waals surface area contributed by atoms with Gasteiger partial charge in [-0.05, 0) is 42.5 Å². The van der Waals surface area contributed by atoms with E-state index < -0.39 is 0 Å². The number of ether oxygens (including phenoxy) is 1. The molecule has 0 aliphatic rings. The molecule has 2 aromatic carbocycles. The largest absolute Gasteiger partial charge is 0.457 e. The van der Waals surface area contributed by atoms with E-state index in [1.54, 1.807) is 36.4 Å². The number of hydrogen-bond donors (Lipinski definition) is 0. The Bertz CT molecular complexity index is 619. The lowest BCUT2D eigenvalue weighted by atomic mass is 10.1. The Labute approximate surface area is 109 Å². The first kappa shape index (κ1) is 12.0. The minimum atomic E-state index is 0.387. The molecule has 0 fully saturated rings. The van der Waals surface area contributed by atoms with Gasteiger partial charge in [0.1, 0.15) is 11.5 Å². The summed E-state index contributed by atoms with van der Waals surface area (Å²) in [6.07, 6.45) is 0. The minimum Gasteiger partial charge on any atom is -0.457 e. The van der Waals surface area contributed by atoms with E-state index >= 15 is 0 Å². The van der Waals surface area contributed by atoms with Crippen molar-refractivity contribution in [1.29, 1.82) is 10.5 Å². The Morgan fingerprint density at radius 3 is 1.89 bits per heavy atom. The van der Waals surface area contributed by atoms with Crippen LogP contribution < -0.4 is 4.74 Å². The first-order chi connectivity index (χ1) is 8.71. The van der Waals surface area contributed by atoms with Crippen LogP contribution in [0, 0.1) is 22.7 Å². The SMILES string of the molecule is N#Cc1cc(C#N)cc(Oc2ccc(Cl)cc2)c1. The fourth-order valence-corrected chi connectivity index (χ4v) is 1.55. The molecule has 0 saturated carbocycles. The maximum Gasteiger partial charge on any atom is 0.130 e. The Kier molecular flexibility index (Phi) is 3.48. The van der Waals surface area contributed by atoms with Crippen LogP contribution >= 0.6 is 11.6 Å². The van der Waals surface area contributed by atoms with Crippen molar-refractivity contribution < 1.29 is 4.74 Å². The average molecular weight is 255 g/mol. The number of hydrogen-bond acceptors (Lipinski definition) is 3. The Morgan fingerprint density at radius 1 is 0.833 bits per heavy atom. The molecule has 0 aliphatic carbocycles. The van der Waals surface area contributed by atoms with E-state index in [2.05, 4.69) is 0 Å². The smallest absolute Gasteiger partial charge is 0.130 e. The van der Waals surface area contributed by atoms with Gasteiger partial charge in [0, 0.05) is 5.02 Å². The van der Waals surface area contributed by atoms with Gasteiger partial charge in [0.25, 0.3) is 0 Å². The molecule has 0 bridgehead atoms. The van der Waals surface area contributed by atoms with Crippen LogP contribution in [0.25, 0.3) is 0 Å². The topological polar surface area (TPSA) is 56.8 Å². The second kappa shape index (κ2) is 5.23. The zero-order valence-electron chi connectivity index (χ0n) is 9.22. The van der Waals surface area contributed by atoms with Crippen molar-refractivity contribution in [3.63, 3.8) is 0 Å². The predicted octanol–water partition coefficient (Wildman–Crippen LogP) is 3.88. The van der Waals surface area contributed by atoms with E-state index in [-0.39, 0.29) is 0 Å². The summed E-state index contributed by atoms with van der Waals surface area (Å²) in [5.41, 5.74) is 0.774. The molecular weight excluding hydrogens is 248 g/mol. The zero-order valence-corrected chi connectivity index (χ0v) is 9.98. The highest BCUT2D eigenvalue weighted by molar-refractivity contribution is 6.30. The fraction of sp³-hybridized carbons (Fsp3) is 0. The zero-order chi connectivity index (χ0) is 13.0. The summed E-state index contributed by atoms with van der Waals surface area (Å²) in [6.45, 7) is 0. The van der Waals surface area contributed by atoms with Crippen LogP contribution in [0.4, 0.5) is 0 Å². The molecule has 0 aromatic heterocycles. The third-order valence-corrected chi connectivity index (χ3v) is 2.47. The van der Waals surface area contributed by atoms with E-state index in [0.29, 0.717) is 27.6 Å². The van der Waals surface area contributed by atoms with E-state index in [4.69, 9.17) is 26.9 Å². The summed E-state index contributed by atoms with van der Waals surface area (Å²) in [5, 5.41) is 18.3. The van der Waals surface area contributed by atoms with Crippen LogP contribution in [0.1, 0.15) is 11.1 Å². The normalized spacial score (nSPS) is 9.28. The van der Waals surface area contributed by atoms with Gasteiger partial charge in [-0.1, -0.05) is 11.6 Å². The molecule has 0 radical (unpaired) electrons. The molecule has 2 rings (SSSR count). The molecule has 0 spiro atoms. The average Bonchev–Trinajstić information content (AvgIpc) is 2.41. The van der Waals surface area contributed by atoms with Gasteiger partial charge < -0.3 is 4.74 Å². The fourth-order valence-electron chi connectivity index (χ4n) is 1.43. The number of benzene rings is 2. The summed E-state index contributed by atoms with van der Waals surface area (Å²) >= 11 is 5.77. The summed E-state index contributed by atoms with van der Waals surface area (Å²) < 4.78 is 5.56. The van der Waals surface area contributed by atoms with E-state index in [0.717, 1.165) is 0 Å². The lowest BCUT2D eigenvalue weighted by Crippen LogP contribution is -1.87. The van der Waals surface area contributed by atoms with Crippen molar-refractivity contribution in [3.05, 3.63) is 58.6 Å². The molecule has 86 valence electrons. The molecule has 0 N–H and O–H groups in total. The maximum absolute atomic E-state index is 8.85. The summed E-state index contributed by atoms with van der Waals surface area (Å²) in [7, 11) is 0. The Morgan fingerprint density at radius 2 is 1.39 bits per heavy atom. The molecule has 0 amide bonds. The number of rotatable bonds is 2. The van der Waals surface area contributed by atoms with Crippen molar-refractivity contribution in [2.75, 3.05) is 0 Å². The van der Waals surface area contributed by atoms with Crippen LogP contribution in [0.2, 0.25) is 5.02 Å². The van der Waals surface area contributed by atoms with Gasteiger partial charge in [0.15, 0.2) is 0 Å². The molecule has 0 heterocycles. The van der Waals surface area contributed by atoms with Gasteiger partial charge in [-0.25, -0.2) is 0 Å². The van der Waals surface area contributed by atoms with Crippen LogP contribution in [-0.4, -0.2) is 0 Å². The van der Waals surface area contributed by atoms with Crippen LogP contribution in [0.5, 0.6) is 11.5 Å². The van der Waals surface area contributed by atoms with Gasteiger partial charge in [0.05, 0.1) is 23.3 Å². The van der Waals surface area contributed by atoms with Gasteiger partial charge in [-0.2, -0.15) is 10.5 Å². The lowest BCUT2D eigenvalue weighted by Gasteiger charge is -2.06. The monoisotopic (exact) mass is 254 g/mol. The van der Waals surface area contributed by atoms with E-state index in [1.165, 1.54) is 6.07 Å². The summed E-state index contributed by atoms with van der Waals surface area (Å²) in [4.78, 5) is 0. The molecule has 3 nitrogen and oxygen atoms in total. The third kappa shape index (κ3) is 2.79. The van der Waals surface area contributed by atoms with Crippen molar-refractivity contribution in [1.82, 2.24) is 0 Å². The van der Waals surface area contributed by atoms with Gasteiger partial charge in [-0.15, -0.1) is 0 Å². The lowest BCUT2D eigenvalue weighted by molar-refractivity contribution is 0.482. The number of nitriles is 2. The van der Waals surface area contributed by atoms with Crippen LogP contribution in [-0.2, 0) is 0 Å². The van der Waals surface area contributed by atoms with Crippen LogP contribution in [0.3, 0.4) is 0 Å². The third-order valence-electron chi connectivity index (χ3n) is 2.21. The first-order valence-electron chi connectivity index (χ1n) is 5.10. The second-order valence-corrected chi connectivity index (χ2v) is 3.96. The molecule has 0 aliphatic heterocycles. The minimum absolute atomic E-state index is 0.387. The van der Waals surface area contributed by atoms with Crippen molar-refractivity contribution in [3.8, 4) is 23.6 Å². The van der Waals surface area contributed by atoms with Crippen LogP contribution in [0.15, 0.2) is 42.5 Å². The molecule has 4 heteroatoms. The molecule has 0 saturated heterocycles. The first-order valence-corrected chi connectivity index (χ1v) is 5.48. The maximum atomic E-state index is 8.85. The number of halogens is 1. The molecule has 0 atom stereocenters. The van der Waals surface area contributed by atoms with E-state index in [9.17, 15) is 0 Å². The van der Waals surface area contributed by atoms with Crippen molar-refractivity contribution in [2.45, 2.75) is 0 Å². The standard InChI is InChI=1S/C14H7ClN2O/c15-12-1-3-13(4-2-12)18-14-6-10(8-16)5-11(7-14)9-17/h1-7H. The highest BCUT2D eigenvalue weighted by Crippen LogP contribution is 2.24.